The number of nitrogens with zero attached hydrogens (tertiary/aromatic N) is 1. The normalized spacial score (nSPS) is 19.2. The highest BCUT2D eigenvalue weighted by Gasteiger charge is 2.30. The molecular formula is C20H21F4N. The maximum absolute atomic E-state index is 13.7. The molecule has 2 aromatic rings. The van der Waals surface area contributed by atoms with Gasteiger partial charge in [0.2, 0.25) is 0 Å². The van der Waals surface area contributed by atoms with Crippen LogP contribution in [0, 0.1) is 12.7 Å². The molecule has 1 heterocycles. The number of aryl methyl sites for hydroxylation is 1. The van der Waals surface area contributed by atoms with Crippen molar-refractivity contribution in [3.8, 4) is 0 Å². The second-order valence-corrected chi connectivity index (χ2v) is 6.78. The first-order valence-corrected chi connectivity index (χ1v) is 8.47. The molecule has 1 unspecified atom stereocenters. The molecule has 0 aromatic heterocycles. The average Bonchev–Trinajstić information content (AvgIpc) is 2.58. The Labute approximate surface area is 145 Å². The van der Waals surface area contributed by atoms with Gasteiger partial charge in [-0.3, -0.25) is 4.90 Å². The van der Waals surface area contributed by atoms with Gasteiger partial charge in [-0.1, -0.05) is 24.3 Å². The first-order valence-electron chi connectivity index (χ1n) is 8.47. The lowest BCUT2D eigenvalue weighted by molar-refractivity contribution is -0.137. The number of hydrogen-bond acceptors (Lipinski definition) is 1. The van der Waals surface area contributed by atoms with Gasteiger partial charge in [-0.25, -0.2) is 4.39 Å². The van der Waals surface area contributed by atoms with Crippen LogP contribution in [0.2, 0.25) is 0 Å². The molecule has 25 heavy (non-hydrogen) atoms. The molecule has 1 saturated heterocycles. The van der Waals surface area contributed by atoms with E-state index in [0.29, 0.717) is 12.1 Å². The summed E-state index contributed by atoms with van der Waals surface area (Å²) in [5.74, 6) is 0.0140. The molecular weight excluding hydrogens is 330 g/mol. The van der Waals surface area contributed by atoms with Crippen LogP contribution in [-0.2, 0) is 12.7 Å². The van der Waals surface area contributed by atoms with Gasteiger partial charge in [0.05, 0.1) is 5.56 Å². The number of benzene rings is 2. The maximum atomic E-state index is 13.7. The lowest BCUT2D eigenvalue weighted by Gasteiger charge is -2.33. The van der Waals surface area contributed by atoms with Crippen LogP contribution in [0.5, 0.6) is 0 Å². The van der Waals surface area contributed by atoms with Crippen LogP contribution in [0.25, 0.3) is 0 Å². The minimum atomic E-state index is -4.30. The van der Waals surface area contributed by atoms with Crippen molar-refractivity contribution < 1.29 is 17.6 Å². The zero-order valence-electron chi connectivity index (χ0n) is 14.1. The molecule has 1 aliphatic rings. The average molecular weight is 351 g/mol. The Morgan fingerprint density at radius 3 is 2.44 bits per heavy atom. The fourth-order valence-electron chi connectivity index (χ4n) is 3.41. The quantitative estimate of drug-likeness (QED) is 0.657. The summed E-state index contributed by atoms with van der Waals surface area (Å²) in [4.78, 5) is 2.25. The summed E-state index contributed by atoms with van der Waals surface area (Å²) in [5.41, 5.74) is 1.88. The van der Waals surface area contributed by atoms with Crippen molar-refractivity contribution in [2.24, 2.45) is 0 Å². The predicted molar refractivity (Wildman–Crippen MR) is 89.8 cm³/mol. The van der Waals surface area contributed by atoms with Crippen LogP contribution >= 0.6 is 0 Å². The molecule has 1 nitrogen and oxygen atoms in total. The van der Waals surface area contributed by atoms with E-state index in [1.165, 1.54) is 0 Å². The lowest BCUT2D eigenvalue weighted by atomic mass is 9.90. The van der Waals surface area contributed by atoms with Crippen LogP contribution in [0.4, 0.5) is 17.6 Å². The molecule has 0 N–H and O–H groups in total. The Morgan fingerprint density at radius 1 is 1.08 bits per heavy atom. The molecule has 1 atom stereocenters. The van der Waals surface area contributed by atoms with E-state index in [4.69, 9.17) is 0 Å². The van der Waals surface area contributed by atoms with Gasteiger partial charge in [-0.2, -0.15) is 13.2 Å². The topological polar surface area (TPSA) is 3.24 Å². The third-order valence-corrected chi connectivity index (χ3v) is 4.86. The molecule has 5 heteroatoms. The standard InChI is InChI=1S/C20H21F4N/c1-14-4-5-15(11-19(14)21)12-25-10-2-3-17(13-25)16-6-8-18(9-7-16)20(22,23)24/h4-9,11,17H,2-3,10,12-13H2,1H3. The maximum Gasteiger partial charge on any atom is 0.416 e. The predicted octanol–water partition coefficient (Wildman–Crippen LogP) is 5.53. The molecule has 0 bridgehead atoms. The molecule has 3 rings (SSSR count). The summed E-state index contributed by atoms with van der Waals surface area (Å²) in [5, 5.41) is 0. The van der Waals surface area contributed by atoms with Crippen molar-refractivity contribution in [3.05, 3.63) is 70.5 Å². The van der Waals surface area contributed by atoms with Crippen LogP contribution < -0.4 is 0 Å². The molecule has 0 radical (unpaired) electrons. The number of alkyl halides is 3. The Hall–Kier alpha value is -1.88. The minimum absolute atomic E-state index is 0.200. The molecule has 1 fully saturated rings. The summed E-state index contributed by atoms with van der Waals surface area (Å²) in [6.45, 7) is 4.10. The number of halogens is 4. The monoisotopic (exact) mass is 351 g/mol. The first-order chi connectivity index (χ1) is 11.8. The zero-order chi connectivity index (χ0) is 18.0. The van der Waals surface area contributed by atoms with Crippen LogP contribution in [0.15, 0.2) is 42.5 Å². The summed E-state index contributed by atoms with van der Waals surface area (Å²) in [6, 6.07) is 10.8. The summed E-state index contributed by atoms with van der Waals surface area (Å²) < 4.78 is 51.8. The molecule has 1 aliphatic heterocycles. The SMILES string of the molecule is Cc1ccc(CN2CCCC(c3ccc(C(F)(F)F)cc3)C2)cc1F. The Balaban J connectivity index is 1.67. The molecule has 0 amide bonds. The van der Waals surface area contributed by atoms with Crippen molar-refractivity contribution >= 4 is 0 Å². The van der Waals surface area contributed by atoms with Gasteiger partial charge in [0.15, 0.2) is 0 Å². The van der Waals surface area contributed by atoms with E-state index in [-0.39, 0.29) is 11.7 Å². The Bertz CT molecular complexity index is 721. The van der Waals surface area contributed by atoms with Crippen molar-refractivity contribution in [1.29, 1.82) is 0 Å². The van der Waals surface area contributed by atoms with Gasteiger partial charge in [0.25, 0.3) is 0 Å². The van der Waals surface area contributed by atoms with Gasteiger partial charge in [0, 0.05) is 13.1 Å². The van der Waals surface area contributed by atoms with Crippen LogP contribution in [-0.4, -0.2) is 18.0 Å². The second kappa shape index (κ2) is 7.16. The highest BCUT2D eigenvalue weighted by molar-refractivity contribution is 5.28. The Kier molecular flexibility index (Phi) is 5.13. The van der Waals surface area contributed by atoms with Crippen molar-refractivity contribution in [2.45, 2.75) is 38.4 Å². The van der Waals surface area contributed by atoms with Gasteiger partial charge < -0.3 is 0 Å². The van der Waals surface area contributed by atoms with Crippen molar-refractivity contribution in [1.82, 2.24) is 4.90 Å². The van der Waals surface area contributed by atoms with Gasteiger partial charge >= 0.3 is 6.18 Å². The van der Waals surface area contributed by atoms with Gasteiger partial charge in [0.1, 0.15) is 5.82 Å². The lowest BCUT2D eigenvalue weighted by Crippen LogP contribution is -2.33. The van der Waals surface area contributed by atoms with Crippen LogP contribution in [0.3, 0.4) is 0 Å². The van der Waals surface area contributed by atoms with Crippen molar-refractivity contribution in [3.63, 3.8) is 0 Å². The second-order valence-electron chi connectivity index (χ2n) is 6.78. The highest BCUT2D eigenvalue weighted by Crippen LogP contribution is 2.32. The zero-order valence-corrected chi connectivity index (χ0v) is 14.1. The van der Waals surface area contributed by atoms with Crippen LogP contribution in [0.1, 0.15) is 41.0 Å². The summed E-state index contributed by atoms with van der Waals surface area (Å²) in [7, 11) is 0. The smallest absolute Gasteiger partial charge is 0.298 e. The Morgan fingerprint density at radius 2 is 1.80 bits per heavy atom. The summed E-state index contributed by atoms with van der Waals surface area (Å²) >= 11 is 0. The fourth-order valence-corrected chi connectivity index (χ4v) is 3.41. The van der Waals surface area contributed by atoms with Gasteiger partial charge in [-0.05, 0) is 67.1 Å². The van der Waals surface area contributed by atoms with E-state index in [1.807, 2.05) is 6.07 Å². The van der Waals surface area contributed by atoms with E-state index in [0.717, 1.165) is 49.2 Å². The molecule has 0 spiro atoms. The van der Waals surface area contributed by atoms with E-state index >= 15 is 0 Å². The molecule has 2 aromatic carbocycles. The highest BCUT2D eigenvalue weighted by atomic mass is 19.4. The number of likely N-dealkylation sites (tertiary alicyclic amines) is 1. The molecule has 134 valence electrons. The number of hydrogen-bond donors (Lipinski definition) is 0. The third-order valence-electron chi connectivity index (χ3n) is 4.86. The van der Waals surface area contributed by atoms with E-state index in [9.17, 15) is 17.6 Å². The molecule has 0 saturated carbocycles. The summed E-state index contributed by atoms with van der Waals surface area (Å²) in [6.07, 6.45) is -2.35. The van der Waals surface area contributed by atoms with Crippen molar-refractivity contribution in [2.75, 3.05) is 13.1 Å². The fraction of sp³-hybridized carbons (Fsp3) is 0.400. The third kappa shape index (κ3) is 4.40. The largest absolute Gasteiger partial charge is 0.416 e. The van der Waals surface area contributed by atoms with Gasteiger partial charge in [-0.15, -0.1) is 0 Å². The minimum Gasteiger partial charge on any atom is -0.298 e. The van der Waals surface area contributed by atoms with E-state index in [1.54, 1.807) is 31.2 Å². The first kappa shape index (κ1) is 17.9. The number of rotatable bonds is 3. The van der Waals surface area contributed by atoms with E-state index < -0.39 is 11.7 Å². The molecule has 0 aliphatic carbocycles. The van der Waals surface area contributed by atoms with E-state index in [2.05, 4.69) is 4.90 Å². The number of piperidine rings is 1.